The largest absolute Gasteiger partial charge is 0.497 e. The van der Waals surface area contributed by atoms with E-state index in [1.807, 2.05) is 30.3 Å². The lowest BCUT2D eigenvalue weighted by molar-refractivity contribution is -0.119. The van der Waals surface area contributed by atoms with E-state index in [1.54, 1.807) is 42.5 Å². The highest BCUT2D eigenvalue weighted by atomic mass is 16.5. The Balaban J connectivity index is 1.54. The van der Waals surface area contributed by atoms with Gasteiger partial charge in [0.25, 0.3) is 5.91 Å². The molecule has 0 spiro atoms. The van der Waals surface area contributed by atoms with Gasteiger partial charge in [-0.1, -0.05) is 36.4 Å². The fraction of sp³-hybridized carbons (Fsp3) is 0.167. The molecule has 0 bridgehead atoms. The van der Waals surface area contributed by atoms with Crippen LogP contribution in [0, 0.1) is 0 Å². The summed E-state index contributed by atoms with van der Waals surface area (Å²) in [6.45, 7) is -0.0563. The van der Waals surface area contributed by atoms with Gasteiger partial charge in [0.2, 0.25) is 0 Å². The Hall–Kier alpha value is -4.00. The van der Waals surface area contributed by atoms with Gasteiger partial charge in [0.15, 0.2) is 6.61 Å². The average Bonchev–Trinajstić information content (AvgIpc) is 2.81. The maximum Gasteiger partial charge on any atom is 0.338 e. The first-order chi connectivity index (χ1) is 15.1. The molecule has 0 aliphatic heterocycles. The summed E-state index contributed by atoms with van der Waals surface area (Å²) in [7, 11) is 3.03. The molecule has 0 aliphatic carbocycles. The molecule has 0 heterocycles. The molecule has 0 radical (unpaired) electrons. The van der Waals surface area contributed by atoms with Crippen LogP contribution in [-0.4, -0.2) is 32.7 Å². The maximum atomic E-state index is 12.3. The van der Waals surface area contributed by atoms with E-state index in [0.29, 0.717) is 35.1 Å². The van der Waals surface area contributed by atoms with Crippen molar-refractivity contribution >= 4 is 17.6 Å². The summed E-state index contributed by atoms with van der Waals surface area (Å²) >= 11 is 0. The van der Waals surface area contributed by atoms with Gasteiger partial charge in [-0.2, -0.15) is 0 Å². The number of rotatable bonds is 9. The van der Waals surface area contributed by atoms with Gasteiger partial charge in [0.1, 0.15) is 23.9 Å². The maximum absolute atomic E-state index is 12.3. The Morgan fingerprint density at radius 2 is 1.52 bits per heavy atom. The number of ether oxygens (including phenoxy) is 4. The molecule has 0 unspecified atom stereocenters. The zero-order valence-electron chi connectivity index (χ0n) is 17.3. The van der Waals surface area contributed by atoms with Crippen molar-refractivity contribution < 1.29 is 28.5 Å². The van der Waals surface area contributed by atoms with Crippen LogP contribution < -0.4 is 19.5 Å². The highest BCUT2D eigenvalue weighted by Gasteiger charge is 2.12. The number of carbonyl (C=O) groups is 2. The lowest BCUT2D eigenvalue weighted by Crippen LogP contribution is -2.21. The fourth-order valence-electron chi connectivity index (χ4n) is 2.74. The van der Waals surface area contributed by atoms with Crippen molar-refractivity contribution in [2.24, 2.45) is 0 Å². The molecule has 160 valence electrons. The van der Waals surface area contributed by atoms with Crippen LogP contribution in [0.25, 0.3) is 0 Å². The minimum absolute atomic E-state index is 0.293. The molecule has 1 amide bonds. The number of methoxy groups -OCH3 is 2. The van der Waals surface area contributed by atoms with E-state index in [9.17, 15) is 9.59 Å². The van der Waals surface area contributed by atoms with Gasteiger partial charge < -0.3 is 24.3 Å². The molecular formula is C24H23NO6. The second-order valence-electron chi connectivity index (χ2n) is 6.53. The van der Waals surface area contributed by atoms with E-state index in [2.05, 4.69) is 5.32 Å². The predicted molar refractivity (Wildman–Crippen MR) is 116 cm³/mol. The molecule has 3 aromatic rings. The highest BCUT2D eigenvalue weighted by molar-refractivity contribution is 5.95. The van der Waals surface area contributed by atoms with Crippen LogP contribution in [0.4, 0.5) is 5.69 Å². The molecule has 0 aromatic heterocycles. The number of anilines is 1. The van der Waals surface area contributed by atoms with Crippen molar-refractivity contribution in [3.05, 3.63) is 83.9 Å². The number of nitrogens with one attached hydrogen (secondary N) is 1. The third-order valence-electron chi connectivity index (χ3n) is 4.29. The molecule has 3 aromatic carbocycles. The van der Waals surface area contributed by atoms with Gasteiger partial charge in [0.05, 0.1) is 19.8 Å². The Bertz CT molecular complexity index is 1010. The van der Waals surface area contributed by atoms with Crippen molar-refractivity contribution in [2.75, 3.05) is 26.1 Å². The first kappa shape index (κ1) is 21.7. The van der Waals surface area contributed by atoms with Crippen molar-refractivity contribution in [1.82, 2.24) is 0 Å². The molecule has 0 fully saturated rings. The first-order valence-electron chi connectivity index (χ1n) is 9.54. The van der Waals surface area contributed by atoms with Gasteiger partial charge in [-0.25, -0.2) is 4.79 Å². The molecule has 31 heavy (non-hydrogen) atoms. The number of esters is 1. The van der Waals surface area contributed by atoms with Gasteiger partial charge in [-0.05, 0) is 23.8 Å². The monoisotopic (exact) mass is 421 g/mol. The third-order valence-corrected chi connectivity index (χ3v) is 4.29. The number of hydrogen-bond acceptors (Lipinski definition) is 6. The van der Waals surface area contributed by atoms with Crippen molar-refractivity contribution in [3.63, 3.8) is 0 Å². The molecule has 0 saturated carbocycles. The third kappa shape index (κ3) is 6.50. The zero-order valence-corrected chi connectivity index (χ0v) is 17.3. The van der Waals surface area contributed by atoms with Crippen molar-refractivity contribution in [1.29, 1.82) is 0 Å². The molecule has 3 rings (SSSR count). The van der Waals surface area contributed by atoms with E-state index in [-0.39, 0.29) is 0 Å². The van der Waals surface area contributed by atoms with Crippen LogP contribution in [0.5, 0.6) is 17.2 Å². The summed E-state index contributed by atoms with van der Waals surface area (Å²) in [5.41, 5.74) is 1.77. The Morgan fingerprint density at radius 3 is 2.19 bits per heavy atom. The van der Waals surface area contributed by atoms with Gasteiger partial charge in [-0.15, -0.1) is 0 Å². The number of amides is 1. The van der Waals surface area contributed by atoms with E-state index in [0.717, 1.165) is 5.56 Å². The van der Waals surface area contributed by atoms with Crippen LogP contribution in [0.1, 0.15) is 15.9 Å². The summed E-state index contributed by atoms with van der Waals surface area (Å²) in [4.78, 5) is 24.5. The van der Waals surface area contributed by atoms with E-state index in [4.69, 9.17) is 18.9 Å². The van der Waals surface area contributed by atoms with Crippen LogP contribution in [0.15, 0.2) is 72.8 Å². The number of carbonyl (C=O) groups excluding carboxylic acids is 2. The summed E-state index contributed by atoms with van der Waals surface area (Å²) < 4.78 is 21.2. The Kier molecular flexibility index (Phi) is 7.48. The summed E-state index contributed by atoms with van der Waals surface area (Å²) in [6.07, 6.45) is 0. The Morgan fingerprint density at radius 1 is 0.806 bits per heavy atom. The standard InChI is InChI=1S/C24H23NO6/c1-28-21-12-19(13-22(14-21)29-2)25-23(26)16-31-24(27)18-9-6-10-20(11-18)30-15-17-7-4-3-5-8-17/h3-14H,15-16H2,1-2H3,(H,25,26). The summed E-state index contributed by atoms with van der Waals surface area (Å²) in [5.74, 6) is 0.479. The van der Waals surface area contributed by atoms with Crippen LogP contribution in [-0.2, 0) is 16.1 Å². The van der Waals surface area contributed by atoms with Gasteiger partial charge in [-0.3, -0.25) is 4.79 Å². The van der Waals surface area contributed by atoms with Gasteiger partial charge >= 0.3 is 5.97 Å². The highest BCUT2D eigenvalue weighted by Crippen LogP contribution is 2.25. The summed E-state index contributed by atoms with van der Waals surface area (Å²) in [6, 6.07) is 21.3. The second kappa shape index (κ2) is 10.7. The van der Waals surface area contributed by atoms with E-state index in [1.165, 1.54) is 14.2 Å². The molecule has 0 atom stereocenters. The van der Waals surface area contributed by atoms with Crippen LogP contribution >= 0.6 is 0 Å². The SMILES string of the molecule is COc1cc(NC(=O)COC(=O)c2cccc(OCc3ccccc3)c2)cc(OC)c1. The fourth-order valence-corrected chi connectivity index (χ4v) is 2.74. The van der Waals surface area contributed by atoms with Crippen LogP contribution in [0.3, 0.4) is 0 Å². The minimum atomic E-state index is -0.622. The average molecular weight is 421 g/mol. The quantitative estimate of drug-likeness (QED) is 0.524. The molecule has 7 nitrogen and oxygen atoms in total. The zero-order chi connectivity index (χ0) is 22.1. The predicted octanol–water partition coefficient (Wildman–Crippen LogP) is 4.08. The van der Waals surface area contributed by atoms with E-state index < -0.39 is 18.5 Å². The second-order valence-corrected chi connectivity index (χ2v) is 6.53. The molecule has 0 aliphatic rings. The minimum Gasteiger partial charge on any atom is -0.497 e. The van der Waals surface area contributed by atoms with Crippen molar-refractivity contribution in [2.45, 2.75) is 6.61 Å². The Labute approximate surface area is 180 Å². The molecule has 1 N–H and O–H groups in total. The summed E-state index contributed by atoms with van der Waals surface area (Å²) in [5, 5.41) is 2.65. The molecular weight excluding hydrogens is 398 g/mol. The van der Waals surface area contributed by atoms with E-state index >= 15 is 0 Å². The number of hydrogen-bond donors (Lipinski definition) is 1. The topological polar surface area (TPSA) is 83.1 Å². The lowest BCUT2D eigenvalue weighted by Gasteiger charge is -2.11. The van der Waals surface area contributed by atoms with Crippen LogP contribution in [0.2, 0.25) is 0 Å². The normalized spacial score (nSPS) is 10.1. The van der Waals surface area contributed by atoms with Gasteiger partial charge in [0, 0.05) is 23.9 Å². The smallest absolute Gasteiger partial charge is 0.338 e. The number of benzene rings is 3. The van der Waals surface area contributed by atoms with Crippen molar-refractivity contribution in [3.8, 4) is 17.2 Å². The molecule has 7 heteroatoms. The molecule has 0 saturated heterocycles. The lowest BCUT2D eigenvalue weighted by atomic mass is 10.2. The first-order valence-corrected chi connectivity index (χ1v) is 9.54.